The van der Waals surface area contributed by atoms with Crippen molar-refractivity contribution in [3.05, 3.63) is 62.6 Å². The molecule has 1 aromatic heterocycles. The topological polar surface area (TPSA) is 126 Å². The number of carbonyl (C=O) groups excluding carboxylic acids is 1. The van der Waals surface area contributed by atoms with Gasteiger partial charge in [-0.15, -0.1) is 0 Å². The summed E-state index contributed by atoms with van der Waals surface area (Å²) in [5.41, 5.74) is 0.837. The van der Waals surface area contributed by atoms with Gasteiger partial charge in [-0.05, 0) is 31.2 Å². The van der Waals surface area contributed by atoms with Gasteiger partial charge in [-0.25, -0.2) is 4.79 Å². The van der Waals surface area contributed by atoms with Gasteiger partial charge in [0.15, 0.2) is 5.58 Å². The molecule has 1 N–H and O–H groups in total. The molecule has 0 fully saturated rings. The maximum absolute atomic E-state index is 12.5. The van der Waals surface area contributed by atoms with Gasteiger partial charge in [-0.1, -0.05) is 0 Å². The van der Waals surface area contributed by atoms with Crippen LogP contribution in [0.5, 0.6) is 11.5 Å². The summed E-state index contributed by atoms with van der Waals surface area (Å²) in [5, 5.41) is 13.7. The van der Waals surface area contributed by atoms with Crippen LogP contribution in [0.2, 0.25) is 0 Å². The average molecular weight is 401 g/mol. The number of methoxy groups -OCH3 is 2. The Labute approximate surface area is 164 Å². The molecular formula is C19H19N3O7. The van der Waals surface area contributed by atoms with Crippen molar-refractivity contribution in [1.29, 1.82) is 0 Å². The Morgan fingerprint density at radius 3 is 2.66 bits per heavy atom. The fourth-order valence-corrected chi connectivity index (χ4v) is 3.00. The second-order valence-corrected chi connectivity index (χ2v) is 6.26. The maximum Gasteiger partial charge on any atom is 0.420 e. The second-order valence-electron chi connectivity index (χ2n) is 6.26. The number of nitro groups is 1. The molecule has 0 saturated carbocycles. The van der Waals surface area contributed by atoms with Gasteiger partial charge in [0, 0.05) is 11.6 Å². The number of amides is 1. The fourth-order valence-electron chi connectivity index (χ4n) is 3.00. The number of nitrogens with one attached hydrogen (secondary N) is 1. The molecule has 0 aliphatic heterocycles. The third kappa shape index (κ3) is 4.05. The quantitative estimate of drug-likeness (QED) is 0.476. The van der Waals surface area contributed by atoms with Crippen LogP contribution in [0.3, 0.4) is 0 Å². The van der Waals surface area contributed by atoms with Crippen LogP contribution in [0, 0.1) is 10.1 Å². The summed E-state index contributed by atoms with van der Waals surface area (Å²) in [7, 11) is 3.06. The lowest BCUT2D eigenvalue weighted by atomic mass is 10.1. The van der Waals surface area contributed by atoms with E-state index in [1.807, 2.05) is 0 Å². The third-order valence-electron chi connectivity index (χ3n) is 4.45. The third-order valence-corrected chi connectivity index (χ3v) is 4.45. The lowest BCUT2D eigenvalue weighted by molar-refractivity contribution is -0.384. The molecule has 0 spiro atoms. The van der Waals surface area contributed by atoms with Gasteiger partial charge in [0.2, 0.25) is 5.91 Å². The minimum Gasteiger partial charge on any atom is -0.497 e. The van der Waals surface area contributed by atoms with Gasteiger partial charge in [-0.3, -0.25) is 19.5 Å². The molecule has 10 nitrogen and oxygen atoms in total. The molecule has 152 valence electrons. The van der Waals surface area contributed by atoms with E-state index >= 15 is 0 Å². The summed E-state index contributed by atoms with van der Waals surface area (Å²) in [6, 6.07) is 8.57. The van der Waals surface area contributed by atoms with Crippen molar-refractivity contribution in [3.63, 3.8) is 0 Å². The molecule has 0 saturated heterocycles. The molecule has 3 rings (SSSR count). The highest BCUT2D eigenvalue weighted by molar-refractivity contribution is 5.81. The van der Waals surface area contributed by atoms with Crippen LogP contribution in [-0.2, 0) is 11.3 Å². The standard InChI is InChI=1S/C19H19N3O7/c1-11(14-9-13(27-2)5-7-16(14)28-3)20-18(23)10-21-15-6-4-12(22(25)26)8-17(15)29-19(21)24/h4-9,11H,10H2,1-3H3,(H,20,23)/t11-/m1/s1. The van der Waals surface area contributed by atoms with E-state index in [1.165, 1.54) is 26.4 Å². The Hall–Kier alpha value is -3.82. The van der Waals surface area contributed by atoms with E-state index in [9.17, 15) is 19.7 Å². The number of benzene rings is 2. The van der Waals surface area contributed by atoms with Crippen molar-refractivity contribution in [2.75, 3.05) is 14.2 Å². The summed E-state index contributed by atoms with van der Waals surface area (Å²) in [6.07, 6.45) is 0. The lowest BCUT2D eigenvalue weighted by Crippen LogP contribution is -2.32. The predicted molar refractivity (Wildman–Crippen MR) is 103 cm³/mol. The number of hydrogen-bond donors (Lipinski definition) is 1. The second kappa shape index (κ2) is 8.05. The van der Waals surface area contributed by atoms with E-state index in [1.54, 1.807) is 25.1 Å². The van der Waals surface area contributed by atoms with Gasteiger partial charge in [0.1, 0.15) is 18.0 Å². The van der Waals surface area contributed by atoms with Crippen LogP contribution in [0.25, 0.3) is 11.1 Å². The molecular weight excluding hydrogens is 382 g/mol. The van der Waals surface area contributed by atoms with Gasteiger partial charge < -0.3 is 19.2 Å². The number of hydrogen-bond acceptors (Lipinski definition) is 7. The summed E-state index contributed by atoms with van der Waals surface area (Å²) >= 11 is 0. The molecule has 0 aliphatic rings. The summed E-state index contributed by atoms with van der Waals surface area (Å²) in [6.45, 7) is 1.47. The summed E-state index contributed by atoms with van der Waals surface area (Å²) < 4.78 is 16.7. The highest BCUT2D eigenvalue weighted by Crippen LogP contribution is 2.29. The van der Waals surface area contributed by atoms with Gasteiger partial charge >= 0.3 is 5.76 Å². The van der Waals surface area contributed by atoms with Gasteiger partial charge in [-0.2, -0.15) is 0 Å². The largest absolute Gasteiger partial charge is 0.497 e. The Kier molecular flexibility index (Phi) is 5.53. The highest BCUT2D eigenvalue weighted by atomic mass is 16.6. The van der Waals surface area contributed by atoms with E-state index < -0.39 is 22.6 Å². The number of carbonyl (C=O) groups is 1. The van der Waals surface area contributed by atoms with Crippen molar-refractivity contribution in [3.8, 4) is 11.5 Å². The number of non-ortho nitro benzene ring substituents is 1. The van der Waals surface area contributed by atoms with Crippen molar-refractivity contribution in [1.82, 2.24) is 9.88 Å². The Balaban J connectivity index is 1.82. The molecule has 1 amide bonds. The van der Waals surface area contributed by atoms with Crippen LogP contribution in [0.15, 0.2) is 45.6 Å². The number of nitro benzene ring substituents is 1. The van der Waals surface area contributed by atoms with Crippen LogP contribution in [0.1, 0.15) is 18.5 Å². The van der Waals surface area contributed by atoms with Gasteiger partial charge in [0.25, 0.3) is 5.69 Å². The first kappa shape index (κ1) is 19.9. The van der Waals surface area contributed by atoms with E-state index in [4.69, 9.17) is 13.9 Å². The van der Waals surface area contributed by atoms with Crippen molar-refractivity contribution < 1.29 is 23.6 Å². The fraction of sp³-hybridized carbons (Fsp3) is 0.263. The van der Waals surface area contributed by atoms with Crippen LogP contribution in [-0.4, -0.2) is 29.6 Å². The van der Waals surface area contributed by atoms with Crippen LogP contribution >= 0.6 is 0 Å². The van der Waals surface area contributed by atoms with Crippen molar-refractivity contribution >= 4 is 22.7 Å². The zero-order valence-corrected chi connectivity index (χ0v) is 16.0. The number of ether oxygens (including phenoxy) is 2. The molecule has 0 radical (unpaired) electrons. The van der Waals surface area contributed by atoms with Crippen molar-refractivity contribution in [2.45, 2.75) is 19.5 Å². The molecule has 29 heavy (non-hydrogen) atoms. The molecule has 0 bridgehead atoms. The SMILES string of the molecule is COc1ccc(OC)c([C@@H](C)NC(=O)Cn2c(=O)oc3cc([N+](=O)[O-])ccc32)c1. The number of oxazole rings is 1. The summed E-state index contributed by atoms with van der Waals surface area (Å²) in [5.74, 6) is -0.0230. The minimum absolute atomic E-state index is 0.0412. The van der Waals surface area contributed by atoms with Gasteiger partial charge in [0.05, 0.1) is 36.8 Å². The Bertz CT molecular complexity index is 1130. The smallest absolute Gasteiger partial charge is 0.420 e. The summed E-state index contributed by atoms with van der Waals surface area (Å²) in [4.78, 5) is 34.9. The predicted octanol–water partition coefficient (Wildman–Crippen LogP) is 2.40. The molecule has 3 aromatic rings. The van der Waals surface area contributed by atoms with E-state index in [0.717, 1.165) is 10.6 Å². The first-order chi connectivity index (χ1) is 13.8. The zero-order chi connectivity index (χ0) is 21.1. The molecule has 2 aromatic carbocycles. The van der Waals surface area contributed by atoms with Crippen LogP contribution in [0.4, 0.5) is 5.69 Å². The average Bonchev–Trinajstić information content (AvgIpc) is 3.01. The Morgan fingerprint density at radius 1 is 1.24 bits per heavy atom. The van der Waals surface area contributed by atoms with Crippen molar-refractivity contribution in [2.24, 2.45) is 0 Å². The normalized spacial score (nSPS) is 11.8. The highest BCUT2D eigenvalue weighted by Gasteiger charge is 2.19. The van der Waals surface area contributed by atoms with E-state index in [0.29, 0.717) is 22.6 Å². The number of rotatable bonds is 7. The molecule has 1 heterocycles. The first-order valence-electron chi connectivity index (χ1n) is 8.63. The minimum atomic E-state index is -0.776. The zero-order valence-electron chi connectivity index (χ0n) is 16.0. The van der Waals surface area contributed by atoms with E-state index in [-0.39, 0.29) is 17.8 Å². The molecule has 0 unspecified atom stereocenters. The first-order valence-corrected chi connectivity index (χ1v) is 8.63. The Morgan fingerprint density at radius 2 is 2.00 bits per heavy atom. The number of aromatic nitrogens is 1. The number of fused-ring (bicyclic) bond motifs is 1. The van der Waals surface area contributed by atoms with Crippen LogP contribution < -0.4 is 20.5 Å². The maximum atomic E-state index is 12.5. The lowest BCUT2D eigenvalue weighted by Gasteiger charge is -2.18. The molecule has 10 heteroatoms. The molecule has 0 aliphatic carbocycles. The molecule has 1 atom stereocenters. The number of nitrogens with zero attached hydrogens (tertiary/aromatic N) is 2. The monoisotopic (exact) mass is 401 g/mol. The van der Waals surface area contributed by atoms with E-state index in [2.05, 4.69) is 5.32 Å².